The number of nitrogens with zero attached hydrogens (tertiary/aromatic N) is 1. The van der Waals surface area contributed by atoms with Gasteiger partial charge in [-0.1, -0.05) is 83.9 Å². The predicted octanol–water partition coefficient (Wildman–Crippen LogP) is 7.53. The number of halogens is 2. The largest absolute Gasteiger partial charge is 0.493 e. The molecule has 5 aromatic rings. The Labute approximate surface area is 388 Å². The highest BCUT2D eigenvalue weighted by molar-refractivity contribution is 6.31. The van der Waals surface area contributed by atoms with Crippen LogP contribution in [-0.2, 0) is 40.3 Å². The summed E-state index contributed by atoms with van der Waals surface area (Å²) in [4.78, 5) is 67.6. The third-order valence-electron chi connectivity index (χ3n) is 10.8. The summed E-state index contributed by atoms with van der Waals surface area (Å²) in [6.07, 6.45) is 3.09. The van der Waals surface area contributed by atoms with E-state index in [9.17, 15) is 24.0 Å². The Bertz CT molecular complexity index is 2390. The van der Waals surface area contributed by atoms with E-state index in [0.29, 0.717) is 65.3 Å². The zero-order valence-corrected chi connectivity index (χ0v) is 37.7. The molecule has 65 heavy (non-hydrogen) atoms. The Kier molecular flexibility index (Phi) is 17.5. The first kappa shape index (κ1) is 47.7. The van der Waals surface area contributed by atoms with Crippen LogP contribution in [0.15, 0.2) is 121 Å². The fourth-order valence-corrected chi connectivity index (χ4v) is 7.41. The number of nitrogens with one attached hydrogen (secondary N) is 6. The third kappa shape index (κ3) is 14.9. The van der Waals surface area contributed by atoms with E-state index in [2.05, 4.69) is 31.9 Å². The highest BCUT2D eigenvalue weighted by atomic mass is 35.5. The molecular weight excluding hydrogens is 869 g/mol. The molecule has 0 spiro atoms. The number of benzene rings is 5. The topological polar surface area (TPSA) is 179 Å². The number of hydrogen-bond donors (Lipinski definition) is 6. The lowest BCUT2D eigenvalue weighted by atomic mass is 10.0. The van der Waals surface area contributed by atoms with E-state index >= 15 is 0 Å². The molecular formula is C49H53Cl2N7O7. The molecule has 1 aliphatic rings. The highest BCUT2D eigenvalue weighted by Gasteiger charge is 2.28. The molecule has 0 aliphatic carbocycles. The maximum atomic E-state index is 13.8. The van der Waals surface area contributed by atoms with Crippen molar-refractivity contribution in [3.05, 3.63) is 154 Å². The van der Waals surface area contributed by atoms with Crippen LogP contribution in [0.4, 0.5) is 21.0 Å². The Morgan fingerprint density at radius 1 is 0.708 bits per heavy atom. The van der Waals surface area contributed by atoms with Gasteiger partial charge in [-0.2, -0.15) is 0 Å². The number of methoxy groups -OCH3 is 1. The quantitative estimate of drug-likeness (QED) is 0.0526. The Hall–Kier alpha value is -6.77. The van der Waals surface area contributed by atoms with Crippen LogP contribution >= 0.6 is 23.2 Å². The summed E-state index contributed by atoms with van der Waals surface area (Å²) in [5.74, 6) is 0.0935. The van der Waals surface area contributed by atoms with Gasteiger partial charge in [0.05, 0.1) is 7.11 Å². The average Bonchev–Trinajstić information content (AvgIpc) is 3.51. The zero-order chi connectivity index (χ0) is 46.1. The number of amides is 7. The molecule has 6 rings (SSSR count). The lowest BCUT2D eigenvalue weighted by molar-refractivity contribution is -0.131. The SMILES string of the molecule is COc1cc(CCN(C)C(=O)C(Cc2ccccc2)NC(=O)Nc2ccc(Cl)cc2)ccc1OCc1ccc(CC(NC(=O)Nc2ccc(Cl)cc2)C(=O)NC2CCCCNC2=O)cc1. The van der Waals surface area contributed by atoms with Crippen molar-refractivity contribution in [3.63, 3.8) is 0 Å². The molecule has 340 valence electrons. The highest BCUT2D eigenvalue weighted by Crippen LogP contribution is 2.29. The summed E-state index contributed by atoms with van der Waals surface area (Å²) in [7, 11) is 3.27. The summed E-state index contributed by atoms with van der Waals surface area (Å²) in [5.41, 5.74) is 4.50. The molecule has 3 atom stereocenters. The Balaban J connectivity index is 1.04. The number of urea groups is 2. The van der Waals surface area contributed by atoms with E-state index in [1.165, 1.54) is 0 Å². The first-order valence-corrected chi connectivity index (χ1v) is 22.1. The van der Waals surface area contributed by atoms with Crippen molar-refractivity contribution in [2.45, 2.75) is 63.3 Å². The first-order chi connectivity index (χ1) is 31.4. The van der Waals surface area contributed by atoms with Crippen LogP contribution < -0.4 is 41.4 Å². The second-order valence-corrected chi connectivity index (χ2v) is 16.5. The number of carbonyl (C=O) groups is 5. The molecule has 16 heteroatoms. The van der Waals surface area contributed by atoms with Crippen LogP contribution in [0.25, 0.3) is 0 Å². The second-order valence-electron chi connectivity index (χ2n) is 15.7. The van der Waals surface area contributed by atoms with Gasteiger partial charge in [-0.25, -0.2) is 9.59 Å². The fourth-order valence-electron chi connectivity index (χ4n) is 7.15. The third-order valence-corrected chi connectivity index (χ3v) is 11.3. The Morgan fingerprint density at radius 2 is 1.28 bits per heavy atom. The summed E-state index contributed by atoms with van der Waals surface area (Å²) in [6.45, 7) is 1.15. The molecule has 0 radical (unpaired) electrons. The van der Waals surface area contributed by atoms with Gasteiger partial charge in [0.2, 0.25) is 17.7 Å². The number of ether oxygens (including phenoxy) is 2. The van der Waals surface area contributed by atoms with Gasteiger partial charge in [-0.15, -0.1) is 0 Å². The van der Waals surface area contributed by atoms with E-state index < -0.39 is 36.1 Å². The number of rotatable bonds is 18. The standard InChI is InChI=1S/C49H53Cl2N7O7/c1-58(47(61)42(29-32-8-4-3-5-9-32)57-49(63)54-39-22-18-37(51)19-23-39)27-25-34-15-24-43(44(30-34)64-2)65-31-35-13-11-33(12-14-35)28-41(46(60)55-40-10-6-7-26-52-45(40)59)56-48(62)53-38-20-16-36(50)17-21-38/h3-5,8-9,11-24,30,40-42H,6-7,10,25-29,31H2,1-2H3,(H,52,59)(H,55,60)(H2,53,56,62)(H2,54,57,63). The lowest BCUT2D eigenvalue weighted by Crippen LogP contribution is -2.54. The van der Waals surface area contributed by atoms with Crippen LogP contribution in [0.2, 0.25) is 10.0 Å². The predicted molar refractivity (Wildman–Crippen MR) is 253 cm³/mol. The van der Waals surface area contributed by atoms with Crippen molar-refractivity contribution in [2.24, 2.45) is 0 Å². The van der Waals surface area contributed by atoms with Crippen molar-refractivity contribution in [2.75, 3.05) is 37.9 Å². The van der Waals surface area contributed by atoms with Crippen molar-refractivity contribution in [1.82, 2.24) is 26.2 Å². The van der Waals surface area contributed by atoms with E-state index in [4.69, 9.17) is 32.7 Å². The van der Waals surface area contributed by atoms with Crippen molar-refractivity contribution >= 4 is 64.4 Å². The first-order valence-electron chi connectivity index (χ1n) is 21.3. The minimum Gasteiger partial charge on any atom is -0.493 e. The number of likely N-dealkylation sites (N-methyl/N-ethyl adjacent to an activating group) is 1. The van der Waals surface area contributed by atoms with Crippen LogP contribution in [-0.4, -0.2) is 80.1 Å². The number of anilines is 2. The van der Waals surface area contributed by atoms with Crippen molar-refractivity contribution in [3.8, 4) is 11.5 Å². The van der Waals surface area contributed by atoms with Gasteiger partial charge >= 0.3 is 12.1 Å². The maximum Gasteiger partial charge on any atom is 0.319 e. The average molecular weight is 923 g/mol. The van der Waals surface area contributed by atoms with Crippen LogP contribution in [0, 0.1) is 0 Å². The summed E-state index contributed by atoms with van der Waals surface area (Å²) >= 11 is 12.0. The fraction of sp³-hybridized carbons (Fsp3) is 0.286. The van der Waals surface area contributed by atoms with Gasteiger partial charge in [0, 0.05) is 54.4 Å². The van der Waals surface area contributed by atoms with Crippen molar-refractivity contribution < 1.29 is 33.4 Å². The smallest absolute Gasteiger partial charge is 0.319 e. The minimum absolute atomic E-state index is 0.162. The normalized spacial score (nSPS) is 14.3. The van der Waals surface area contributed by atoms with Crippen LogP contribution in [0.3, 0.4) is 0 Å². The molecule has 0 aromatic heterocycles. The molecule has 1 saturated heterocycles. The molecule has 6 N–H and O–H groups in total. The van der Waals surface area contributed by atoms with E-state index in [-0.39, 0.29) is 24.8 Å². The van der Waals surface area contributed by atoms with Gasteiger partial charge in [0.15, 0.2) is 11.5 Å². The van der Waals surface area contributed by atoms with Gasteiger partial charge in [-0.05, 0) is 109 Å². The van der Waals surface area contributed by atoms with E-state index in [1.807, 2.05) is 72.8 Å². The molecule has 0 bridgehead atoms. The molecule has 5 aromatic carbocycles. The van der Waals surface area contributed by atoms with Crippen molar-refractivity contribution in [1.29, 1.82) is 0 Å². The summed E-state index contributed by atoms with van der Waals surface area (Å²) < 4.78 is 11.9. The molecule has 1 fully saturated rings. The lowest BCUT2D eigenvalue weighted by Gasteiger charge is -2.25. The van der Waals surface area contributed by atoms with Gasteiger partial charge in [0.25, 0.3) is 0 Å². The van der Waals surface area contributed by atoms with E-state index in [0.717, 1.165) is 35.1 Å². The van der Waals surface area contributed by atoms with Crippen LogP contribution in [0.1, 0.15) is 41.5 Å². The molecule has 0 saturated carbocycles. The van der Waals surface area contributed by atoms with E-state index in [1.54, 1.807) is 67.6 Å². The minimum atomic E-state index is -0.985. The summed E-state index contributed by atoms with van der Waals surface area (Å²) in [6, 6.07) is 32.3. The summed E-state index contributed by atoms with van der Waals surface area (Å²) in [5, 5.41) is 17.8. The van der Waals surface area contributed by atoms with Gasteiger partial charge < -0.3 is 46.3 Å². The molecule has 14 nitrogen and oxygen atoms in total. The monoisotopic (exact) mass is 921 g/mol. The van der Waals surface area contributed by atoms with Gasteiger partial charge in [-0.3, -0.25) is 14.4 Å². The molecule has 3 unspecified atom stereocenters. The number of carbonyl (C=O) groups excluding carboxylic acids is 5. The second kappa shape index (κ2) is 23.8. The Morgan fingerprint density at radius 3 is 1.91 bits per heavy atom. The van der Waals surface area contributed by atoms with Crippen LogP contribution in [0.5, 0.6) is 11.5 Å². The number of hydrogen-bond acceptors (Lipinski definition) is 7. The molecule has 1 aliphatic heterocycles. The molecule has 7 amide bonds. The zero-order valence-electron chi connectivity index (χ0n) is 36.2. The maximum absolute atomic E-state index is 13.8. The van der Waals surface area contributed by atoms with Gasteiger partial charge in [0.1, 0.15) is 24.7 Å². The molecule has 1 heterocycles.